The molecule has 2 fully saturated rings. The molecule has 0 spiro atoms. The first kappa shape index (κ1) is 19.7. The first-order chi connectivity index (χ1) is 12.8. The van der Waals surface area contributed by atoms with Crippen LogP contribution >= 0.6 is 0 Å². The number of hydrogen-bond acceptors (Lipinski definition) is 3. The SMILES string of the molecule is Cc1ccccc1C1CN(C(=O)NC(C)(C)C)CC1C(=O)N1CCOCC1. The van der Waals surface area contributed by atoms with Gasteiger partial charge in [-0.15, -0.1) is 0 Å². The van der Waals surface area contributed by atoms with Gasteiger partial charge in [0.25, 0.3) is 0 Å². The average Bonchev–Trinajstić information content (AvgIpc) is 3.06. The van der Waals surface area contributed by atoms with Gasteiger partial charge in [0.15, 0.2) is 0 Å². The van der Waals surface area contributed by atoms with Gasteiger partial charge in [0, 0.05) is 37.6 Å². The van der Waals surface area contributed by atoms with E-state index in [-0.39, 0.29) is 29.3 Å². The second kappa shape index (κ2) is 7.89. The van der Waals surface area contributed by atoms with E-state index in [0.29, 0.717) is 39.4 Å². The number of hydrogen-bond donors (Lipinski definition) is 1. The van der Waals surface area contributed by atoms with Crippen molar-refractivity contribution in [3.8, 4) is 0 Å². The Morgan fingerprint density at radius 2 is 1.74 bits per heavy atom. The number of nitrogens with one attached hydrogen (secondary N) is 1. The van der Waals surface area contributed by atoms with Crippen LogP contribution in [0.1, 0.15) is 37.8 Å². The predicted molar refractivity (Wildman–Crippen MR) is 105 cm³/mol. The second-order valence-electron chi connectivity index (χ2n) is 8.59. The molecule has 2 atom stereocenters. The fourth-order valence-corrected chi connectivity index (χ4v) is 3.96. The number of morpholine rings is 1. The molecule has 1 aromatic rings. The van der Waals surface area contributed by atoms with Crippen molar-refractivity contribution >= 4 is 11.9 Å². The van der Waals surface area contributed by atoms with Gasteiger partial charge in [-0.25, -0.2) is 4.79 Å². The Hall–Kier alpha value is -2.08. The lowest BCUT2D eigenvalue weighted by atomic mass is 9.85. The summed E-state index contributed by atoms with van der Waals surface area (Å²) >= 11 is 0. The molecule has 2 unspecified atom stereocenters. The molecule has 0 radical (unpaired) electrons. The van der Waals surface area contributed by atoms with E-state index in [1.165, 1.54) is 5.56 Å². The smallest absolute Gasteiger partial charge is 0.317 e. The molecule has 0 bridgehead atoms. The Bertz CT molecular complexity index is 692. The van der Waals surface area contributed by atoms with Crippen molar-refractivity contribution in [2.75, 3.05) is 39.4 Å². The molecule has 0 aliphatic carbocycles. The minimum atomic E-state index is -0.304. The summed E-state index contributed by atoms with van der Waals surface area (Å²) in [4.78, 5) is 29.7. The molecule has 0 aromatic heterocycles. The maximum atomic E-state index is 13.3. The van der Waals surface area contributed by atoms with Gasteiger partial charge >= 0.3 is 6.03 Å². The van der Waals surface area contributed by atoms with E-state index in [1.807, 2.05) is 37.8 Å². The fraction of sp³-hybridized carbons (Fsp3) is 0.619. The lowest BCUT2D eigenvalue weighted by molar-refractivity contribution is -0.139. The Balaban J connectivity index is 1.84. The van der Waals surface area contributed by atoms with Gasteiger partial charge in [0.1, 0.15) is 0 Å². The van der Waals surface area contributed by atoms with Crippen molar-refractivity contribution in [2.45, 2.75) is 39.2 Å². The number of urea groups is 1. The number of carbonyl (C=O) groups is 2. The van der Waals surface area contributed by atoms with Crippen LogP contribution < -0.4 is 5.32 Å². The van der Waals surface area contributed by atoms with Gasteiger partial charge in [-0.2, -0.15) is 0 Å². The zero-order valence-electron chi connectivity index (χ0n) is 16.8. The fourth-order valence-electron chi connectivity index (χ4n) is 3.96. The molecular weight excluding hydrogens is 342 g/mol. The molecule has 2 heterocycles. The summed E-state index contributed by atoms with van der Waals surface area (Å²) in [5.41, 5.74) is 2.03. The molecule has 2 aliphatic heterocycles. The molecular formula is C21H31N3O3. The van der Waals surface area contributed by atoms with E-state index in [0.717, 1.165) is 5.56 Å². The number of nitrogens with zero attached hydrogens (tertiary/aromatic N) is 2. The maximum Gasteiger partial charge on any atom is 0.317 e. The largest absolute Gasteiger partial charge is 0.378 e. The van der Waals surface area contributed by atoms with Gasteiger partial charge in [-0.3, -0.25) is 4.79 Å². The van der Waals surface area contributed by atoms with Gasteiger partial charge < -0.3 is 19.9 Å². The van der Waals surface area contributed by atoms with Crippen molar-refractivity contribution < 1.29 is 14.3 Å². The van der Waals surface area contributed by atoms with Crippen LogP contribution in [0.4, 0.5) is 4.79 Å². The van der Waals surface area contributed by atoms with E-state index in [2.05, 4.69) is 24.4 Å². The Morgan fingerprint density at radius 1 is 1.07 bits per heavy atom. The Morgan fingerprint density at radius 3 is 2.37 bits per heavy atom. The molecule has 0 saturated carbocycles. The molecule has 1 N–H and O–H groups in total. The third kappa shape index (κ3) is 4.61. The van der Waals surface area contributed by atoms with Crippen LogP contribution in [0.25, 0.3) is 0 Å². The highest BCUT2D eigenvalue weighted by molar-refractivity contribution is 5.83. The first-order valence-corrected chi connectivity index (χ1v) is 9.75. The molecule has 3 rings (SSSR count). The van der Waals surface area contributed by atoms with Crippen molar-refractivity contribution in [3.63, 3.8) is 0 Å². The van der Waals surface area contributed by atoms with Crippen LogP contribution in [0.5, 0.6) is 0 Å². The van der Waals surface area contributed by atoms with Crippen LogP contribution in [-0.4, -0.2) is 66.7 Å². The van der Waals surface area contributed by atoms with Gasteiger partial charge in [-0.05, 0) is 38.8 Å². The molecule has 6 nitrogen and oxygen atoms in total. The second-order valence-corrected chi connectivity index (χ2v) is 8.59. The highest BCUT2D eigenvalue weighted by Gasteiger charge is 2.43. The molecule has 27 heavy (non-hydrogen) atoms. The van der Waals surface area contributed by atoms with Crippen molar-refractivity contribution in [3.05, 3.63) is 35.4 Å². The average molecular weight is 373 g/mol. The normalized spacial score (nSPS) is 23.4. The van der Waals surface area contributed by atoms with Crippen molar-refractivity contribution in [2.24, 2.45) is 5.92 Å². The predicted octanol–water partition coefficient (Wildman–Crippen LogP) is 2.38. The number of benzene rings is 1. The quantitative estimate of drug-likeness (QED) is 0.866. The molecule has 6 heteroatoms. The van der Waals surface area contributed by atoms with E-state index in [4.69, 9.17) is 4.74 Å². The monoisotopic (exact) mass is 373 g/mol. The summed E-state index contributed by atoms with van der Waals surface area (Å²) in [5, 5.41) is 3.03. The minimum Gasteiger partial charge on any atom is -0.378 e. The zero-order valence-corrected chi connectivity index (χ0v) is 16.8. The summed E-state index contributed by atoms with van der Waals surface area (Å²) in [7, 11) is 0. The molecule has 148 valence electrons. The zero-order chi connectivity index (χ0) is 19.6. The summed E-state index contributed by atoms with van der Waals surface area (Å²) in [6.07, 6.45) is 0. The molecule has 3 amide bonds. The van der Waals surface area contributed by atoms with Gasteiger partial charge in [-0.1, -0.05) is 24.3 Å². The maximum absolute atomic E-state index is 13.3. The van der Waals surface area contributed by atoms with Crippen LogP contribution in [-0.2, 0) is 9.53 Å². The number of amides is 3. The number of ether oxygens (including phenoxy) is 1. The molecule has 2 aliphatic rings. The van der Waals surface area contributed by atoms with E-state index >= 15 is 0 Å². The molecule has 1 aromatic carbocycles. The van der Waals surface area contributed by atoms with Crippen LogP contribution in [0, 0.1) is 12.8 Å². The summed E-state index contributed by atoms with van der Waals surface area (Å²) in [6.45, 7) is 11.4. The summed E-state index contributed by atoms with van der Waals surface area (Å²) in [5.74, 6) is -0.0557. The number of rotatable bonds is 2. The van der Waals surface area contributed by atoms with Crippen LogP contribution in [0.3, 0.4) is 0 Å². The van der Waals surface area contributed by atoms with Crippen LogP contribution in [0.2, 0.25) is 0 Å². The first-order valence-electron chi connectivity index (χ1n) is 9.75. The summed E-state index contributed by atoms with van der Waals surface area (Å²) in [6, 6.07) is 8.08. The summed E-state index contributed by atoms with van der Waals surface area (Å²) < 4.78 is 5.39. The van der Waals surface area contributed by atoms with Crippen molar-refractivity contribution in [1.29, 1.82) is 0 Å². The third-order valence-electron chi connectivity index (χ3n) is 5.32. The van der Waals surface area contributed by atoms with Gasteiger partial charge in [0.2, 0.25) is 5.91 Å². The van der Waals surface area contributed by atoms with Gasteiger partial charge in [0.05, 0.1) is 19.1 Å². The highest BCUT2D eigenvalue weighted by Crippen LogP contribution is 2.36. The van der Waals surface area contributed by atoms with Crippen LogP contribution in [0.15, 0.2) is 24.3 Å². The molecule has 2 saturated heterocycles. The Labute approximate surface area is 161 Å². The third-order valence-corrected chi connectivity index (χ3v) is 5.32. The lowest BCUT2D eigenvalue weighted by Crippen LogP contribution is -2.48. The highest BCUT2D eigenvalue weighted by atomic mass is 16.5. The number of aryl methyl sites for hydroxylation is 1. The topological polar surface area (TPSA) is 61.9 Å². The number of carbonyl (C=O) groups excluding carboxylic acids is 2. The minimum absolute atomic E-state index is 0.0206. The van der Waals surface area contributed by atoms with E-state index in [9.17, 15) is 9.59 Å². The van der Waals surface area contributed by atoms with Crippen molar-refractivity contribution in [1.82, 2.24) is 15.1 Å². The lowest BCUT2D eigenvalue weighted by Gasteiger charge is -2.31. The number of likely N-dealkylation sites (tertiary alicyclic amines) is 1. The van der Waals surface area contributed by atoms with E-state index in [1.54, 1.807) is 4.90 Å². The van der Waals surface area contributed by atoms with E-state index < -0.39 is 0 Å². The Kier molecular flexibility index (Phi) is 5.75. The standard InChI is InChI=1S/C21H31N3O3/c1-15-7-5-6-8-16(15)17-13-24(20(26)22-21(2,3)4)14-18(17)19(25)23-9-11-27-12-10-23/h5-8,17-18H,9-14H2,1-4H3,(H,22,26).